The predicted octanol–water partition coefficient (Wildman–Crippen LogP) is 12.6. The Hall–Kier alpha value is -6.84. The Kier molecular flexibility index (Phi) is 7.04. The van der Waals surface area contributed by atoms with Crippen LogP contribution < -0.4 is 9.64 Å². The van der Waals surface area contributed by atoms with E-state index in [4.69, 9.17) is 4.74 Å². The van der Waals surface area contributed by atoms with Crippen molar-refractivity contribution in [3.8, 4) is 22.6 Å². The Morgan fingerprint density at radius 2 is 0.962 bits per heavy atom. The van der Waals surface area contributed by atoms with Crippen LogP contribution in [0.4, 0.5) is 17.1 Å². The normalized spacial score (nSPS) is 12.9. The maximum absolute atomic E-state index is 7.44. The van der Waals surface area contributed by atoms with Crippen LogP contribution >= 0.6 is 0 Å². The fourth-order valence-corrected chi connectivity index (χ4v) is 8.12. The molecule has 0 aliphatic carbocycles. The minimum Gasteiger partial charge on any atom is -0.472 e. The maximum Gasteiger partial charge on any atom is 0.185 e. The Morgan fingerprint density at radius 3 is 1.69 bits per heavy atom. The van der Waals surface area contributed by atoms with E-state index in [1.54, 1.807) is 0 Å². The Balaban J connectivity index is 1.20. The molecule has 52 heavy (non-hydrogen) atoms. The van der Waals surface area contributed by atoms with E-state index in [1.807, 2.05) is 0 Å². The summed E-state index contributed by atoms with van der Waals surface area (Å²) in [4.78, 5) is 2.34. The van der Waals surface area contributed by atoms with Crippen molar-refractivity contribution in [3.05, 3.63) is 223 Å². The first-order chi connectivity index (χ1) is 25.8. The molecule has 3 heteroatoms. The lowest BCUT2D eigenvalue weighted by Gasteiger charge is -2.41. The van der Waals surface area contributed by atoms with Crippen LogP contribution in [0.25, 0.3) is 38.6 Å². The summed E-state index contributed by atoms with van der Waals surface area (Å²) in [6.07, 6.45) is 0. The minimum absolute atomic E-state index is 0.835. The fourth-order valence-electron chi connectivity index (χ4n) is 8.12. The van der Waals surface area contributed by atoms with Crippen LogP contribution in [0.3, 0.4) is 0 Å². The smallest absolute Gasteiger partial charge is 0.185 e. The molecule has 1 aromatic heterocycles. The van der Waals surface area contributed by atoms with E-state index >= 15 is 0 Å². The molecule has 1 aliphatic rings. The highest BCUT2D eigenvalue weighted by molar-refractivity contribution is 6.10. The lowest BCUT2D eigenvalue weighted by Crippen LogP contribution is -2.38. The van der Waals surface area contributed by atoms with E-state index in [1.165, 1.54) is 21.9 Å². The van der Waals surface area contributed by atoms with Gasteiger partial charge in [0.1, 0.15) is 5.75 Å². The quantitative estimate of drug-likeness (QED) is 0.176. The van der Waals surface area contributed by atoms with Crippen LogP contribution in [0.15, 0.2) is 206 Å². The van der Waals surface area contributed by atoms with Gasteiger partial charge in [0.25, 0.3) is 0 Å². The number of rotatable bonds is 6. The molecule has 0 saturated carbocycles. The fraction of sp³-hybridized carbons (Fsp3) is 0.0204. The van der Waals surface area contributed by atoms with Gasteiger partial charge in [-0.2, -0.15) is 0 Å². The summed E-state index contributed by atoms with van der Waals surface area (Å²) in [5.41, 5.74) is 11.3. The number of ether oxygens (including phenoxy) is 1. The molecule has 10 rings (SSSR count). The molecule has 0 atom stereocenters. The number of nitrogens with zero attached hydrogens (tertiary/aromatic N) is 2. The molecular weight excluding hydrogens is 633 g/mol. The summed E-state index contributed by atoms with van der Waals surface area (Å²) in [5, 5.41) is 2.45. The zero-order valence-corrected chi connectivity index (χ0v) is 28.4. The lowest BCUT2D eigenvalue weighted by atomic mass is 9.75. The van der Waals surface area contributed by atoms with E-state index in [2.05, 4.69) is 216 Å². The molecule has 0 amide bonds. The average molecular weight is 667 g/mol. The number of aromatic nitrogens is 1. The largest absolute Gasteiger partial charge is 0.472 e. The predicted molar refractivity (Wildman–Crippen MR) is 214 cm³/mol. The molecule has 8 aromatic carbocycles. The van der Waals surface area contributed by atoms with Gasteiger partial charge in [0.15, 0.2) is 5.60 Å². The molecule has 0 spiro atoms. The molecular formula is C49H34N2O. The van der Waals surface area contributed by atoms with Crippen molar-refractivity contribution in [1.29, 1.82) is 0 Å². The zero-order chi connectivity index (χ0) is 34.5. The standard InChI is InChI=1S/C49H34N2O/c1-5-17-35(18-6-1)49(36-19-7-2-8-20-36)45-27-15-13-25-41(45)44-32-30-40(34-48(44)52-49)50(37-21-9-3-10-22-37)39-29-31-43-42-26-14-16-28-46(42)51(47(43)33-39)38-23-11-4-12-24-38/h1-34H. The van der Waals surface area contributed by atoms with E-state index in [9.17, 15) is 0 Å². The van der Waals surface area contributed by atoms with Crippen molar-refractivity contribution < 1.29 is 4.74 Å². The van der Waals surface area contributed by atoms with Gasteiger partial charge in [0.2, 0.25) is 0 Å². The minimum atomic E-state index is -0.835. The highest BCUT2D eigenvalue weighted by atomic mass is 16.5. The molecule has 0 radical (unpaired) electrons. The van der Waals surface area contributed by atoms with Crippen molar-refractivity contribution in [1.82, 2.24) is 4.57 Å². The van der Waals surface area contributed by atoms with Gasteiger partial charge in [-0.05, 0) is 60.2 Å². The number of para-hydroxylation sites is 3. The van der Waals surface area contributed by atoms with Crippen molar-refractivity contribution in [3.63, 3.8) is 0 Å². The molecule has 0 fully saturated rings. The molecule has 2 heterocycles. The van der Waals surface area contributed by atoms with Crippen LogP contribution in [0.5, 0.6) is 5.75 Å². The molecule has 246 valence electrons. The third kappa shape index (κ3) is 4.67. The Morgan fingerprint density at radius 1 is 0.404 bits per heavy atom. The number of hydrogen-bond donors (Lipinski definition) is 0. The molecule has 0 bridgehead atoms. The van der Waals surface area contributed by atoms with E-state index in [0.717, 1.165) is 56.3 Å². The van der Waals surface area contributed by atoms with Gasteiger partial charge in [-0.3, -0.25) is 0 Å². The molecule has 0 saturated heterocycles. The van der Waals surface area contributed by atoms with Crippen molar-refractivity contribution >= 4 is 38.9 Å². The molecule has 9 aromatic rings. The Labute approximate surface area is 303 Å². The first-order valence-corrected chi connectivity index (χ1v) is 17.8. The molecule has 3 nitrogen and oxygen atoms in total. The van der Waals surface area contributed by atoms with E-state index in [0.29, 0.717) is 0 Å². The lowest BCUT2D eigenvalue weighted by molar-refractivity contribution is 0.152. The molecule has 0 unspecified atom stereocenters. The van der Waals surface area contributed by atoms with Crippen molar-refractivity contribution in [2.75, 3.05) is 4.90 Å². The van der Waals surface area contributed by atoms with Gasteiger partial charge >= 0.3 is 0 Å². The summed E-state index contributed by atoms with van der Waals surface area (Å²) < 4.78 is 9.81. The third-order valence-electron chi connectivity index (χ3n) is 10.4. The van der Waals surface area contributed by atoms with Crippen LogP contribution in [0.1, 0.15) is 16.7 Å². The van der Waals surface area contributed by atoms with Crippen LogP contribution in [0, 0.1) is 0 Å². The van der Waals surface area contributed by atoms with Crippen LogP contribution in [-0.4, -0.2) is 4.57 Å². The van der Waals surface area contributed by atoms with Crippen LogP contribution in [0.2, 0.25) is 0 Å². The number of hydrogen-bond acceptors (Lipinski definition) is 2. The average Bonchev–Trinajstić information content (AvgIpc) is 3.55. The van der Waals surface area contributed by atoms with Gasteiger partial charge < -0.3 is 14.2 Å². The number of benzene rings is 8. The third-order valence-corrected chi connectivity index (χ3v) is 10.4. The summed E-state index contributed by atoms with van der Waals surface area (Å²) in [6, 6.07) is 73.3. The van der Waals surface area contributed by atoms with Gasteiger partial charge in [0.05, 0.1) is 11.0 Å². The molecule has 1 aliphatic heterocycles. The van der Waals surface area contributed by atoms with E-state index in [-0.39, 0.29) is 0 Å². The van der Waals surface area contributed by atoms with Crippen LogP contribution in [-0.2, 0) is 5.60 Å². The molecule has 0 N–H and O–H groups in total. The number of fused-ring (bicyclic) bond motifs is 6. The Bertz CT molecular complexity index is 2660. The summed E-state index contributed by atoms with van der Waals surface area (Å²) >= 11 is 0. The van der Waals surface area contributed by atoms with Gasteiger partial charge in [-0.1, -0.05) is 146 Å². The summed E-state index contributed by atoms with van der Waals surface area (Å²) in [7, 11) is 0. The van der Waals surface area contributed by atoms with Crippen molar-refractivity contribution in [2.45, 2.75) is 5.60 Å². The second-order valence-corrected chi connectivity index (χ2v) is 13.3. The number of anilines is 3. The first kappa shape index (κ1) is 30.0. The van der Waals surface area contributed by atoms with Gasteiger partial charge in [-0.15, -0.1) is 0 Å². The maximum atomic E-state index is 7.44. The summed E-state index contributed by atoms with van der Waals surface area (Å²) in [5.74, 6) is 0.837. The second kappa shape index (κ2) is 12.2. The summed E-state index contributed by atoms with van der Waals surface area (Å²) in [6.45, 7) is 0. The van der Waals surface area contributed by atoms with Crippen molar-refractivity contribution in [2.24, 2.45) is 0 Å². The monoisotopic (exact) mass is 666 g/mol. The van der Waals surface area contributed by atoms with E-state index < -0.39 is 5.60 Å². The van der Waals surface area contributed by atoms with Gasteiger partial charge in [-0.25, -0.2) is 0 Å². The SMILES string of the molecule is c1ccc(N(c2ccc3c(c2)OC(c2ccccc2)(c2ccccc2)c2ccccc2-3)c2ccc3c4ccccc4n(-c4ccccc4)c3c2)cc1. The highest BCUT2D eigenvalue weighted by Gasteiger charge is 2.44. The zero-order valence-electron chi connectivity index (χ0n) is 28.4. The highest BCUT2D eigenvalue weighted by Crippen LogP contribution is 2.53. The topological polar surface area (TPSA) is 17.4 Å². The van der Waals surface area contributed by atoms with Gasteiger partial charge in [0, 0.05) is 61.8 Å². The first-order valence-electron chi connectivity index (χ1n) is 17.8. The second-order valence-electron chi connectivity index (χ2n) is 13.3.